The predicted octanol–water partition coefficient (Wildman–Crippen LogP) is 4.63. The Morgan fingerprint density at radius 3 is 2.57 bits per heavy atom. The van der Waals surface area contributed by atoms with Gasteiger partial charge in [-0.25, -0.2) is 4.98 Å². The zero-order chi connectivity index (χ0) is 21.2. The fourth-order valence-electron chi connectivity index (χ4n) is 2.99. The van der Waals surface area contributed by atoms with Crippen molar-refractivity contribution in [3.05, 3.63) is 66.7 Å². The van der Waals surface area contributed by atoms with E-state index in [0.29, 0.717) is 31.8 Å². The molecule has 30 heavy (non-hydrogen) atoms. The quantitative estimate of drug-likeness (QED) is 0.469. The smallest absolute Gasteiger partial charge is 0.224 e. The first-order valence-electron chi connectivity index (χ1n) is 10.3. The van der Waals surface area contributed by atoms with Crippen LogP contribution in [0, 0.1) is 0 Å². The van der Waals surface area contributed by atoms with Crippen molar-refractivity contribution < 1.29 is 13.9 Å². The fraction of sp³-hybridized carbons (Fsp3) is 0.333. The lowest BCUT2D eigenvalue weighted by Gasteiger charge is -2.11. The predicted molar refractivity (Wildman–Crippen MR) is 119 cm³/mol. The van der Waals surface area contributed by atoms with Gasteiger partial charge in [-0.3, -0.25) is 4.79 Å². The zero-order valence-corrected chi connectivity index (χ0v) is 17.6. The van der Waals surface area contributed by atoms with Crippen LogP contribution in [0.1, 0.15) is 25.2 Å². The maximum atomic E-state index is 12.2. The number of anilines is 1. The summed E-state index contributed by atoms with van der Waals surface area (Å²) in [4.78, 5) is 18.6. The van der Waals surface area contributed by atoms with Crippen molar-refractivity contribution in [1.29, 1.82) is 0 Å². The molecule has 1 heterocycles. The summed E-state index contributed by atoms with van der Waals surface area (Å²) in [5.41, 5.74) is 1.77. The van der Waals surface area contributed by atoms with Crippen LogP contribution in [-0.2, 0) is 11.2 Å². The molecular formula is C24H29N3O3. The van der Waals surface area contributed by atoms with Crippen LogP contribution in [0.3, 0.4) is 0 Å². The highest BCUT2D eigenvalue weighted by Crippen LogP contribution is 2.21. The maximum absolute atomic E-state index is 12.2. The number of hydrogen-bond acceptors (Lipinski definition) is 5. The van der Waals surface area contributed by atoms with Crippen molar-refractivity contribution in [2.45, 2.75) is 25.7 Å². The molecule has 0 aliphatic heterocycles. The van der Waals surface area contributed by atoms with E-state index in [2.05, 4.69) is 15.2 Å². The van der Waals surface area contributed by atoms with E-state index in [1.54, 1.807) is 6.20 Å². The van der Waals surface area contributed by atoms with Gasteiger partial charge in [0.2, 0.25) is 5.91 Å². The van der Waals surface area contributed by atoms with Crippen molar-refractivity contribution >= 4 is 11.6 Å². The first-order valence-corrected chi connectivity index (χ1v) is 10.3. The number of nitrogens with one attached hydrogen (secondary N) is 1. The standard InChI is InChI=1S/C24H29N3O3/c1-27(2)16-7-17-29-21-14-12-20(13-15-21)26-23(28)10-6-11-24-25-18-22(30-24)19-8-4-3-5-9-19/h3-5,8-9,12-15,18H,6-7,10-11,16-17H2,1-2H3,(H,26,28). The van der Waals surface area contributed by atoms with Crippen LogP contribution in [0.2, 0.25) is 0 Å². The van der Waals surface area contributed by atoms with Gasteiger partial charge in [0, 0.05) is 30.6 Å². The Kier molecular flexibility index (Phi) is 8.03. The molecule has 1 N–H and O–H groups in total. The van der Waals surface area contributed by atoms with E-state index in [4.69, 9.17) is 9.15 Å². The second kappa shape index (κ2) is 11.2. The molecule has 6 nitrogen and oxygen atoms in total. The highest BCUT2D eigenvalue weighted by molar-refractivity contribution is 5.90. The average Bonchev–Trinajstić information content (AvgIpc) is 3.22. The van der Waals surface area contributed by atoms with Crippen molar-refractivity contribution in [2.24, 2.45) is 0 Å². The lowest BCUT2D eigenvalue weighted by molar-refractivity contribution is -0.116. The van der Waals surface area contributed by atoms with Crippen LogP contribution in [0.25, 0.3) is 11.3 Å². The van der Waals surface area contributed by atoms with Crippen LogP contribution in [0.15, 0.2) is 65.2 Å². The Balaban J connectivity index is 1.37. The van der Waals surface area contributed by atoms with Gasteiger partial charge in [-0.15, -0.1) is 0 Å². The van der Waals surface area contributed by atoms with Gasteiger partial charge in [0.05, 0.1) is 12.8 Å². The van der Waals surface area contributed by atoms with Crippen LogP contribution >= 0.6 is 0 Å². The molecule has 0 aliphatic carbocycles. The molecular weight excluding hydrogens is 378 g/mol. The maximum Gasteiger partial charge on any atom is 0.224 e. The monoisotopic (exact) mass is 407 g/mol. The number of benzene rings is 2. The number of carbonyl (C=O) groups is 1. The van der Waals surface area contributed by atoms with Crippen LogP contribution in [0.5, 0.6) is 5.75 Å². The molecule has 0 unspecified atom stereocenters. The first-order chi connectivity index (χ1) is 14.6. The minimum Gasteiger partial charge on any atom is -0.494 e. The molecule has 0 fully saturated rings. The largest absolute Gasteiger partial charge is 0.494 e. The summed E-state index contributed by atoms with van der Waals surface area (Å²) < 4.78 is 11.5. The van der Waals surface area contributed by atoms with E-state index < -0.39 is 0 Å². The summed E-state index contributed by atoms with van der Waals surface area (Å²) in [7, 11) is 4.09. The van der Waals surface area contributed by atoms with E-state index in [1.807, 2.05) is 68.7 Å². The summed E-state index contributed by atoms with van der Waals surface area (Å²) in [5, 5.41) is 2.92. The first kappa shape index (κ1) is 21.6. The van der Waals surface area contributed by atoms with E-state index in [-0.39, 0.29) is 5.91 Å². The van der Waals surface area contributed by atoms with Gasteiger partial charge in [0.25, 0.3) is 0 Å². The van der Waals surface area contributed by atoms with E-state index in [9.17, 15) is 4.79 Å². The topological polar surface area (TPSA) is 67.6 Å². The number of hydrogen-bond donors (Lipinski definition) is 1. The molecule has 3 rings (SSSR count). The number of aryl methyl sites for hydroxylation is 1. The molecule has 0 bridgehead atoms. The molecule has 0 aliphatic rings. The number of oxazole rings is 1. The number of aromatic nitrogens is 1. The third-order valence-electron chi connectivity index (χ3n) is 4.56. The molecule has 0 saturated carbocycles. The number of carbonyl (C=O) groups excluding carboxylic acids is 1. The molecule has 0 spiro atoms. The van der Waals surface area contributed by atoms with Gasteiger partial charge in [-0.05, 0) is 51.2 Å². The lowest BCUT2D eigenvalue weighted by Crippen LogP contribution is -2.15. The van der Waals surface area contributed by atoms with Gasteiger partial charge >= 0.3 is 0 Å². The van der Waals surface area contributed by atoms with Crippen molar-refractivity contribution in [3.8, 4) is 17.1 Å². The minimum atomic E-state index is -0.0236. The summed E-state index contributed by atoms with van der Waals surface area (Å²) in [5.74, 6) is 2.19. The van der Waals surface area contributed by atoms with Gasteiger partial charge in [0.15, 0.2) is 11.7 Å². The summed E-state index contributed by atoms with van der Waals surface area (Å²) >= 11 is 0. The highest BCUT2D eigenvalue weighted by atomic mass is 16.5. The molecule has 0 saturated heterocycles. The number of amides is 1. The summed E-state index contributed by atoms with van der Waals surface area (Å²) in [6.45, 7) is 1.67. The van der Waals surface area contributed by atoms with Crippen LogP contribution in [0.4, 0.5) is 5.69 Å². The molecule has 0 atom stereocenters. The van der Waals surface area contributed by atoms with Crippen molar-refractivity contribution in [2.75, 3.05) is 32.6 Å². The second-order valence-electron chi connectivity index (χ2n) is 7.42. The third kappa shape index (κ3) is 7.04. The van der Waals surface area contributed by atoms with Gasteiger partial charge < -0.3 is 19.4 Å². The fourth-order valence-corrected chi connectivity index (χ4v) is 2.99. The molecule has 158 valence electrons. The highest BCUT2D eigenvalue weighted by Gasteiger charge is 2.08. The zero-order valence-electron chi connectivity index (χ0n) is 17.6. The van der Waals surface area contributed by atoms with Crippen molar-refractivity contribution in [1.82, 2.24) is 9.88 Å². The number of nitrogens with zero attached hydrogens (tertiary/aromatic N) is 2. The summed E-state index contributed by atoms with van der Waals surface area (Å²) in [6, 6.07) is 17.3. The normalized spacial score (nSPS) is 10.9. The van der Waals surface area contributed by atoms with Gasteiger partial charge in [0.1, 0.15) is 5.75 Å². The van der Waals surface area contributed by atoms with Crippen LogP contribution < -0.4 is 10.1 Å². The Labute approximate surface area is 177 Å². The SMILES string of the molecule is CN(C)CCCOc1ccc(NC(=O)CCCc2ncc(-c3ccccc3)o2)cc1. The van der Waals surface area contributed by atoms with Gasteiger partial charge in [-0.2, -0.15) is 0 Å². The minimum absolute atomic E-state index is 0.0236. The molecule has 3 aromatic rings. The van der Waals surface area contributed by atoms with E-state index in [0.717, 1.165) is 35.7 Å². The Hall–Kier alpha value is -3.12. The second-order valence-corrected chi connectivity index (χ2v) is 7.42. The number of rotatable bonds is 11. The Morgan fingerprint density at radius 2 is 1.83 bits per heavy atom. The molecule has 0 radical (unpaired) electrons. The average molecular weight is 408 g/mol. The third-order valence-corrected chi connectivity index (χ3v) is 4.56. The Morgan fingerprint density at radius 1 is 1.07 bits per heavy atom. The van der Waals surface area contributed by atoms with E-state index >= 15 is 0 Å². The Bertz CT molecular complexity index is 905. The molecule has 1 amide bonds. The molecule has 2 aromatic carbocycles. The van der Waals surface area contributed by atoms with Crippen LogP contribution in [-0.4, -0.2) is 43.0 Å². The summed E-state index contributed by atoms with van der Waals surface area (Å²) in [6.07, 6.45) is 4.41. The van der Waals surface area contributed by atoms with Gasteiger partial charge in [-0.1, -0.05) is 30.3 Å². The van der Waals surface area contributed by atoms with E-state index in [1.165, 1.54) is 0 Å². The lowest BCUT2D eigenvalue weighted by atomic mass is 10.2. The number of ether oxygens (including phenoxy) is 1. The molecule has 1 aromatic heterocycles. The van der Waals surface area contributed by atoms with Crippen molar-refractivity contribution in [3.63, 3.8) is 0 Å². The molecule has 6 heteroatoms.